The van der Waals surface area contributed by atoms with Crippen LogP contribution in [0.3, 0.4) is 0 Å². The Kier molecular flexibility index (Phi) is 10.2. The van der Waals surface area contributed by atoms with Gasteiger partial charge < -0.3 is 15.0 Å². The molecular formula is C24H32ClN3O5S. The molecule has 0 saturated heterocycles. The van der Waals surface area contributed by atoms with Crippen molar-refractivity contribution < 1.29 is 22.7 Å². The number of ether oxygens (including phenoxy) is 1. The van der Waals surface area contributed by atoms with Gasteiger partial charge in [0.25, 0.3) is 0 Å². The van der Waals surface area contributed by atoms with Crippen molar-refractivity contribution >= 4 is 39.1 Å². The van der Waals surface area contributed by atoms with E-state index >= 15 is 0 Å². The highest BCUT2D eigenvalue weighted by atomic mass is 35.5. The molecule has 0 heterocycles. The molecule has 8 nitrogen and oxygen atoms in total. The molecule has 2 aromatic rings. The van der Waals surface area contributed by atoms with E-state index in [1.54, 1.807) is 13.0 Å². The second kappa shape index (κ2) is 12.6. The van der Waals surface area contributed by atoms with Crippen molar-refractivity contribution in [3.05, 3.63) is 59.1 Å². The number of nitrogens with zero attached hydrogens (tertiary/aromatic N) is 2. The summed E-state index contributed by atoms with van der Waals surface area (Å²) in [6, 6.07) is 12.9. The van der Waals surface area contributed by atoms with Crippen molar-refractivity contribution in [2.24, 2.45) is 0 Å². The summed E-state index contributed by atoms with van der Waals surface area (Å²) in [5, 5.41) is 3.14. The van der Waals surface area contributed by atoms with Crippen LogP contribution < -0.4 is 14.4 Å². The van der Waals surface area contributed by atoms with E-state index < -0.39 is 28.5 Å². The van der Waals surface area contributed by atoms with E-state index in [1.807, 2.05) is 37.3 Å². The summed E-state index contributed by atoms with van der Waals surface area (Å²) < 4.78 is 31.6. The smallest absolute Gasteiger partial charge is 0.244 e. The van der Waals surface area contributed by atoms with Crippen molar-refractivity contribution in [1.29, 1.82) is 0 Å². The number of nitrogens with one attached hydrogen (secondary N) is 1. The number of benzene rings is 2. The lowest BCUT2D eigenvalue weighted by atomic mass is 10.1. The minimum Gasteiger partial charge on any atom is -0.495 e. The van der Waals surface area contributed by atoms with Gasteiger partial charge in [-0.3, -0.25) is 13.9 Å². The maximum Gasteiger partial charge on any atom is 0.244 e. The van der Waals surface area contributed by atoms with Crippen molar-refractivity contribution in [2.75, 3.05) is 30.8 Å². The highest BCUT2D eigenvalue weighted by molar-refractivity contribution is 7.92. The first-order chi connectivity index (χ1) is 16.1. The summed E-state index contributed by atoms with van der Waals surface area (Å²) in [6.07, 6.45) is 2.75. The van der Waals surface area contributed by atoms with Crippen LogP contribution in [0.25, 0.3) is 0 Å². The molecule has 0 spiro atoms. The van der Waals surface area contributed by atoms with Crippen molar-refractivity contribution in [3.8, 4) is 5.75 Å². The van der Waals surface area contributed by atoms with E-state index in [0.29, 0.717) is 11.6 Å². The number of hydrogen-bond acceptors (Lipinski definition) is 5. The first-order valence-corrected chi connectivity index (χ1v) is 13.2. The average molecular weight is 510 g/mol. The molecule has 0 aliphatic heterocycles. The predicted molar refractivity (Wildman–Crippen MR) is 135 cm³/mol. The van der Waals surface area contributed by atoms with E-state index in [9.17, 15) is 18.0 Å². The number of anilines is 1. The molecule has 0 unspecified atom stereocenters. The second-order valence-corrected chi connectivity index (χ2v) is 10.3. The third kappa shape index (κ3) is 7.63. The maximum atomic E-state index is 13.5. The molecule has 0 radical (unpaired) electrons. The molecule has 0 aliphatic carbocycles. The molecule has 0 fully saturated rings. The molecule has 1 N–H and O–H groups in total. The second-order valence-electron chi connectivity index (χ2n) is 7.91. The molecule has 186 valence electrons. The number of rotatable bonds is 12. The van der Waals surface area contributed by atoms with Crippen LogP contribution in [-0.4, -0.2) is 57.6 Å². The first kappa shape index (κ1) is 27.5. The number of methoxy groups -OCH3 is 1. The third-order valence-electron chi connectivity index (χ3n) is 5.28. The van der Waals surface area contributed by atoms with Gasteiger partial charge in [-0.2, -0.15) is 0 Å². The van der Waals surface area contributed by atoms with Gasteiger partial charge in [0.1, 0.15) is 18.3 Å². The van der Waals surface area contributed by atoms with Crippen molar-refractivity contribution in [1.82, 2.24) is 10.2 Å². The van der Waals surface area contributed by atoms with Gasteiger partial charge in [0.05, 0.1) is 19.1 Å². The molecule has 2 aromatic carbocycles. The number of hydrogen-bond donors (Lipinski definition) is 1. The molecular weight excluding hydrogens is 478 g/mol. The standard InChI is InChI=1S/C24H32ClN3O5S/c1-5-6-14-26-24(30)18(2)27(16-19-10-8-7-9-11-19)23(29)17-28(34(4,31)32)21-15-20(25)12-13-22(21)33-3/h7-13,15,18H,5-6,14,16-17H2,1-4H3,(H,26,30)/t18-/m0/s1. The lowest BCUT2D eigenvalue weighted by molar-refractivity contribution is -0.139. The lowest BCUT2D eigenvalue weighted by Gasteiger charge is -2.32. The Hall–Kier alpha value is -2.78. The lowest BCUT2D eigenvalue weighted by Crippen LogP contribution is -2.51. The topological polar surface area (TPSA) is 96.0 Å². The number of halogens is 1. The fourth-order valence-electron chi connectivity index (χ4n) is 3.35. The van der Waals surface area contributed by atoms with Gasteiger partial charge in [-0.25, -0.2) is 8.42 Å². The first-order valence-electron chi connectivity index (χ1n) is 11.0. The SMILES string of the molecule is CCCCNC(=O)[C@H](C)N(Cc1ccccc1)C(=O)CN(c1cc(Cl)ccc1OC)S(C)(=O)=O. The molecule has 0 aromatic heterocycles. The third-order valence-corrected chi connectivity index (χ3v) is 6.64. The van der Waals surface area contributed by atoms with E-state index in [-0.39, 0.29) is 23.9 Å². The van der Waals surface area contributed by atoms with Crippen LogP contribution in [0, 0.1) is 0 Å². The van der Waals surface area contributed by atoms with Crippen LogP contribution in [0.5, 0.6) is 5.75 Å². The van der Waals surface area contributed by atoms with Gasteiger partial charge in [-0.05, 0) is 37.1 Å². The Bertz CT molecular complexity index is 1080. The molecule has 2 rings (SSSR count). The van der Waals surface area contributed by atoms with Gasteiger partial charge in [0.2, 0.25) is 21.8 Å². The van der Waals surface area contributed by atoms with Gasteiger partial charge in [0, 0.05) is 18.1 Å². The largest absolute Gasteiger partial charge is 0.495 e. The Balaban J connectivity index is 2.39. The number of carbonyl (C=O) groups excluding carboxylic acids is 2. The molecule has 0 aliphatic rings. The Morgan fingerprint density at radius 2 is 1.82 bits per heavy atom. The fraction of sp³-hybridized carbons (Fsp3) is 0.417. The Labute approximate surface area is 206 Å². The number of carbonyl (C=O) groups is 2. The summed E-state index contributed by atoms with van der Waals surface area (Å²) in [5.74, 6) is -0.582. The van der Waals surface area contributed by atoms with Gasteiger partial charge in [0.15, 0.2) is 0 Å². The fourth-order valence-corrected chi connectivity index (χ4v) is 4.36. The highest BCUT2D eigenvalue weighted by Crippen LogP contribution is 2.33. The monoisotopic (exact) mass is 509 g/mol. The number of amides is 2. The van der Waals surface area contributed by atoms with E-state index in [2.05, 4.69) is 5.32 Å². The minimum atomic E-state index is -3.89. The maximum absolute atomic E-state index is 13.5. The van der Waals surface area contributed by atoms with E-state index in [0.717, 1.165) is 29.0 Å². The summed E-state index contributed by atoms with van der Waals surface area (Å²) in [4.78, 5) is 27.7. The molecule has 0 bridgehead atoms. The summed E-state index contributed by atoms with van der Waals surface area (Å²) in [7, 11) is -2.48. The highest BCUT2D eigenvalue weighted by Gasteiger charge is 2.31. The molecule has 10 heteroatoms. The van der Waals surface area contributed by atoms with Crippen LogP contribution in [0.15, 0.2) is 48.5 Å². The van der Waals surface area contributed by atoms with Crippen LogP contribution >= 0.6 is 11.6 Å². The molecule has 0 saturated carbocycles. The minimum absolute atomic E-state index is 0.144. The number of unbranched alkanes of at least 4 members (excludes halogenated alkanes) is 1. The molecule has 2 amide bonds. The van der Waals surface area contributed by atoms with Crippen LogP contribution in [0.1, 0.15) is 32.3 Å². The van der Waals surface area contributed by atoms with Gasteiger partial charge in [-0.15, -0.1) is 0 Å². The van der Waals surface area contributed by atoms with Crippen LogP contribution in [-0.2, 0) is 26.2 Å². The van der Waals surface area contributed by atoms with Crippen molar-refractivity contribution in [3.63, 3.8) is 0 Å². The van der Waals surface area contributed by atoms with Crippen LogP contribution in [0.2, 0.25) is 5.02 Å². The Morgan fingerprint density at radius 1 is 1.15 bits per heavy atom. The summed E-state index contributed by atoms with van der Waals surface area (Å²) >= 11 is 6.10. The average Bonchev–Trinajstić information content (AvgIpc) is 2.80. The van der Waals surface area contributed by atoms with Crippen molar-refractivity contribution in [2.45, 2.75) is 39.3 Å². The van der Waals surface area contributed by atoms with Crippen LogP contribution in [0.4, 0.5) is 5.69 Å². The normalized spacial score (nSPS) is 12.0. The number of sulfonamides is 1. The summed E-state index contributed by atoms with van der Waals surface area (Å²) in [6.45, 7) is 3.78. The zero-order chi connectivity index (χ0) is 25.3. The zero-order valence-electron chi connectivity index (χ0n) is 20.0. The van der Waals surface area contributed by atoms with Gasteiger partial charge in [-0.1, -0.05) is 55.3 Å². The zero-order valence-corrected chi connectivity index (χ0v) is 21.5. The van der Waals surface area contributed by atoms with Gasteiger partial charge >= 0.3 is 0 Å². The summed E-state index contributed by atoms with van der Waals surface area (Å²) in [5.41, 5.74) is 0.959. The predicted octanol–water partition coefficient (Wildman–Crippen LogP) is 3.45. The quantitative estimate of drug-likeness (QED) is 0.442. The van der Waals surface area contributed by atoms with E-state index in [1.165, 1.54) is 24.1 Å². The molecule has 34 heavy (non-hydrogen) atoms. The Morgan fingerprint density at radius 3 is 2.41 bits per heavy atom. The molecule has 1 atom stereocenters. The van der Waals surface area contributed by atoms with E-state index in [4.69, 9.17) is 16.3 Å².